The lowest BCUT2D eigenvalue weighted by molar-refractivity contribution is -0.133. The minimum Gasteiger partial charge on any atom is -0.446 e. The van der Waals surface area contributed by atoms with Crippen molar-refractivity contribution in [3.8, 4) is 0 Å². The second-order valence-electron chi connectivity index (χ2n) is 9.88. The maximum atomic E-state index is 13.3. The molecule has 2 saturated carbocycles. The molecule has 1 unspecified atom stereocenters. The fraction of sp³-hybridized carbons (Fsp3) is 0.654. The van der Waals surface area contributed by atoms with Crippen molar-refractivity contribution in [2.75, 3.05) is 26.2 Å². The van der Waals surface area contributed by atoms with Crippen molar-refractivity contribution in [2.45, 2.75) is 76.0 Å². The van der Waals surface area contributed by atoms with Crippen LogP contribution in [-0.2, 0) is 14.3 Å². The summed E-state index contributed by atoms with van der Waals surface area (Å²) in [5.41, 5.74) is 6.32. The molecule has 2 aliphatic carbocycles. The average Bonchev–Trinajstić information content (AvgIpc) is 2.88. The van der Waals surface area contributed by atoms with Crippen LogP contribution >= 0.6 is 0 Å². The number of ether oxygens (including phenoxy) is 1. The van der Waals surface area contributed by atoms with E-state index in [0.717, 1.165) is 64.5 Å². The molecule has 186 valence electrons. The van der Waals surface area contributed by atoms with Crippen molar-refractivity contribution >= 4 is 17.9 Å². The minimum absolute atomic E-state index is 0.0634. The van der Waals surface area contributed by atoms with Gasteiger partial charge >= 0.3 is 6.09 Å². The molecule has 1 aromatic carbocycles. The Morgan fingerprint density at radius 2 is 1.53 bits per heavy atom. The number of hydrogen-bond acceptors (Lipinski definition) is 5. The summed E-state index contributed by atoms with van der Waals surface area (Å²) in [7, 11) is 0. The predicted octanol–water partition coefficient (Wildman–Crippen LogP) is 2.97. The molecule has 1 heterocycles. The van der Waals surface area contributed by atoms with Crippen LogP contribution in [0.1, 0.15) is 69.4 Å². The molecule has 0 spiro atoms. The average molecular weight is 471 g/mol. The molecule has 4 rings (SSSR count). The standard InChI is InChI=1S/C26H38N4O4/c27-24(31)23(19-9-3-1-4-10-19)28-25(32)21-13-7-8-14-22(21)29-15-17-30(18-16-29)26(33)34-20-11-5-2-6-12-20/h1,3-4,9-10,20-23H,2,5-8,11-18H2,(H2,27,31)(H,28,32)/t21-,22?,23+/m1/s1. The van der Waals surface area contributed by atoms with Crippen molar-refractivity contribution in [3.05, 3.63) is 35.9 Å². The molecule has 1 aromatic rings. The molecule has 0 aromatic heterocycles. The van der Waals surface area contributed by atoms with Gasteiger partial charge in [-0.2, -0.15) is 0 Å². The molecule has 0 bridgehead atoms. The predicted molar refractivity (Wildman–Crippen MR) is 129 cm³/mol. The topological polar surface area (TPSA) is 105 Å². The first-order chi connectivity index (χ1) is 16.5. The van der Waals surface area contributed by atoms with Gasteiger partial charge in [0.15, 0.2) is 0 Å². The van der Waals surface area contributed by atoms with Gasteiger partial charge in [-0.15, -0.1) is 0 Å². The zero-order chi connectivity index (χ0) is 23.9. The van der Waals surface area contributed by atoms with Gasteiger partial charge in [-0.3, -0.25) is 14.5 Å². The second kappa shape index (κ2) is 11.7. The van der Waals surface area contributed by atoms with Gasteiger partial charge in [-0.1, -0.05) is 49.6 Å². The summed E-state index contributed by atoms with van der Waals surface area (Å²) in [5.74, 6) is -0.867. The molecule has 1 aliphatic heterocycles. The normalized spacial score (nSPS) is 25.4. The highest BCUT2D eigenvalue weighted by Crippen LogP contribution is 2.30. The number of carbonyl (C=O) groups is 3. The van der Waals surface area contributed by atoms with E-state index in [0.29, 0.717) is 18.7 Å². The van der Waals surface area contributed by atoms with Crippen LogP contribution < -0.4 is 11.1 Å². The summed E-state index contributed by atoms with van der Waals surface area (Å²) in [6.07, 6.45) is 9.12. The monoisotopic (exact) mass is 470 g/mol. The molecule has 0 radical (unpaired) electrons. The number of rotatable bonds is 6. The Balaban J connectivity index is 1.33. The van der Waals surface area contributed by atoms with Gasteiger partial charge in [0.25, 0.3) is 0 Å². The van der Waals surface area contributed by atoms with Crippen molar-refractivity contribution in [1.29, 1.82) is 0 Å². The highest BCUT2D eigenvalue weighted by Gasteiger charge is 2.38. The van der Waals surface area contributed by atoms with Crippen LogP contribution in [0.4, 0.5) is 4.79 Å². The summed E-state index contributed by atoms with van der Waals surface area (Å²) >= 11 is 0. The number of hydrogen-bond donors (Lipinski definition) is 2. The number of carbonyl (C=O) groups excluding carboxylic acids is 3. The first kappa shape index (κ1) is 24.5. The molecule has 8 nitrogen and oxygen atoms in total. The van der Waals surface area contributed by atoms with Gasteiger partial charge in [0, 0.05) is 32.2 Å². The van der Waals surface area contributed by atoms with Crippen LogP contribution in [-0.4, -0.2) is 66.0 Å². The van der Waals surface area contributed by atoms with Crippen molar-refractivity contribution in [3.63, 3.8) is 0 Å². The van der Waals surface area contributed by atoms with E-state index in [2.05, 4.69) is 10.2 Å². The van der Waals surface area contributed by atoms with E-state index in [1.807, 2.05) is 23.1 Å². The molecular weight excluding hydrogens is 432 g/mol. The van der Waals surface area contributed by atoms with Crippen LogP contribution in [0.15, 0.2) is 30.3 Å². The minimum atomic E-state index is -0.831. The second-order valence-corrected chi connectivity index (χ2v) is 9.88. The van der Waals surface area contributed by atoms with E-state index in [1.54, 1.807) is 12.1 Å². The third kappa shape index (κ3) is 6.09. The Morgan fingerprint density at radius 1 is 0.882 bits per heavy atom. The van der Waals surface area contributed by atoms with Gasteiger partial charge in [-0.05, 0) is 44.1 Å². The quantitative estimate of drug-likeness (QED) is 0.665. The molecule has 3 atom stereocenters. The van der Waals surface area contributed by atoms with Crippen molar-refractivity contribution in [2.24, 2.45) is 11.7 Å². The molecule has 3 N–H and O–H groups in total. The van der Waals surface area contributed by atoms with E-state index in [9.17, 15) is 14.4 Å². The Labute approximate surface area is 202 Å². The summed E-state index contributed by atoms with van der Waals surface area (Å²) in [6.45, 7) is 2.69. The lowest BCUT2D eigenvalue weighted by Gasteiger charge is -2.43. The maximum absolute atomic E-state index is 13.3. The van der Waals surface area contributed by atoms with Crippen molar-refractivity contribution < 1.29 is 19.1 Å². The molecular formula is C26H38N4O4. The number of amides is 3. The van der Waals surface area contributed by atoms with Gasteiger partial charge in [0.05, 0.1) is 5.92 Å². The smallest absolute Gasteiger partial charge is 0.410 e. The molecule has 3 amide bonds. The zero-order valence-electron chi connectivity index (χ0n) is 20.0. The highest BCUT2D eigenvalue weighted by molar-refractivity contribution is 5.88. The van der Waals surface area contributed by atoms with Crippen LogP contribution in [0.2, 0.25) is 0 Å². The summed E-state index contributed by atoms with van der Waals surface area (Å²) in [4.78, 5) is 42.2. The Bertz CT molecular complexity index is 834. The third-order valence-electron chi connectivity index (χ3n) is 7.63. The van der Waals surface area contributed by atoms with Crippen LogP contribution in [0.3, 0.4) is 0 Å². The number of nitrogens with two attached hydrogens (primary N) is 1. The fourth-order valence-electron chi connectivity index (χ4n) is 5.70. The molecule has 3 fully saturated rings. The van der Waals surface area contributed by atoms with Crippen LogP contribution in [0, 0.1) is 5.92 Å². The Kier molecular flexibility index (Phi) is 8.43. The highest BCUT2D eigenvalue weighted by atomic mass is 16.6. The number of nitrogens with one attached hydrogen (secondary N) is 1. The first-order valence-electron chi connectivity index (χ1n) is 12.9. The van der Waals surface area contributed by atoms with Gasteiger partial charge < -0.3 is 20.7 Å². The lowest BCUT2D eigenvalue weighted by Crippen LogP contribution is -2.57. The molecule has 3 aliphatic rings. The SMILES string of the molecule is NC(=O)[C@@H](NC(=O)[C@@H]1CCCCC1N1CCN(C(=O)OC2CCCCC2)CC1)c1ccccc1. The van der Waals surface area contributed by atoms with Crippen LogP contribution in [0.5, 0.6) is 0 Å². The zero-order valence-corrected chi connectivity index (χ0v) is 20.0. The van der Waals surface area contributed by atoms with Gasteiger partial charge in [-0.25, -0.2) is 4.79 Å². The summed E-state index contributed by atoms with van der Waals surface area (Å²) in [5, 5.41) is 2.92. The lowest BCUT2D eigenvalue weighted by atomic mass is 9.82. The molecule has 8 heteroatoms. The maximum Gasteiger partial charge on any atom is 0.410 e. The first-order valence-corrected chi connectivity index (χ1v) is 12.9. The number of primary amides is 1. The van der Waals surface area contributed by atoms with Gasteiger partial charge in [0.1, 0.15) is 12.1 Å². The number of piperazine rings is 1. The summed E-state index contributed by atoms with van der Waals surface area (Å²) in [6, 6.07) is 8.42. The van der Waals surface area contributed by atoms with E-state index in [-0.39, 0.29) is 30.1 Å². The number of benzene rings is 1. The van der Waals surface area contributed by atoms with Gasteiger partial charge in [0.2, 0.25) is 11.8 Å². The number of nitrogens with zero attached hydrogens (tertiary/aromatic N) is 2. The Hall–Kier alpha value is -2.61. The van der Waals surface area contributed by atoms with Crippen LogP contribution in [0.25, 0.3) is 0 Å². The fourth-order valence-corrected chi connectivity index (χ4v) is 5.70. The molecule has 34 heavy (non-hydrogen) atoms. The van der Waals surface area contributed by atoms with E-state index < -0.39 is 11.9 Å². The van der Waals surface area contributed by atoms with Crippen molar-refractivity contribution in [1.82, 2.24) is 15.1 Å². The van der Waals surface area contributed by atoms with E-state index >= 15 is 0 Å². The Morgan fingerprint density at radius 3 is 2.21 bits per heavy atom. The van der Waals surface area contributed by atoms with E-state index in [4.69, 9.17) is 10.5 Å². The largest absolute Gasteiger partial charge is 0.446 e. The third-order valence-corrected chi connectivity index (χ3v) is 7.63. The van der Waals surface area contributed by atoms with E-state index in [1.165, 1.54) is 6.42 Å². The molecule has 1 saturated heterocycles. The summed E-state index contributed by atoms with van der Waals surface area (Å²) < 4.78 is 5.74.